The molecule has 0 bridgehead atoms. The van der Waals surface area contributed by atoms with Gasteiger partial charge < -0.3 is 10.3 Å². The number of anilines is 1. The molecular weight excluding hydrogens is 390 g/mol. The fraction of sp³-hybridized carbons (Fsp3) is 0.333. The molecule has 4 aromatic rings. The first kappa shape index (κ1) is 19.4. The highest BCUT2D eigenvalue weighted by Gasteiger charge is 2.18. The first-order chi connectivity index (χ1) is 14.7. The van der Waals surface area contributed by atoms with Crippen molar-refractivity contribution in [2.45, 2.75) is 38.0 Å². The fourth-order valence-electron chi connectivity index (χ4n) is 4.36. The molecule has 0 aliphatic carbocycles. The number of hydrogen-bond acceptors (Lipinski definition) is 5. The van der Waals surface area contributed by atoms with Crippen molar-refractivity contribution in [2.24, 2.45) is 0 Å². The van der Waals surface area contributed by atoms with Crippen molar-refractivity contribution < 1.29 is 0 Å². The summed E-state index contributed by atoms with van der Waals surface area (Å²) in [6.45, 7) is 6.43. The Bertz CT molecular complexity index is 1180. The number of hydrogen-bond donors (Lipinski definition) is 1. The van der Waals surface area contributed by atoms with Crippen molar-refractivity contribution >= 4 is 39.5 Å². The number of benzene rings is 2. The van der Waals surface area contributed by atoms with Gasteiger partial charge in [-0.05, 0) is 48.9 Å². The van der Waals surface area contributed by atoms with Crippen molar-refractivity contribution in [3.05, 3.63) is 59.7 Å². The van der Waals surface area contributed by atoms with Gasteiger partial charge >= 0.3 is 0 Å². The van der Waals surface area contributed by atoms with Crippen molar-refractivity contribution in [1.82, 2.24) is 19.4 Å². The number of fused-ring (bicyclic) bond motifs is 3. The van der Waals surface area contributed by atoms with Gasteiger partial charge in [-0.25, -0.2) is 9.97 Å². The average molecular weight is 418 g/mol. The number of nitrogens with two attached hydrogens (primary N) is 1. The Kier molecular flexibility index (Phi) is 5.35. The van der Waals surface area contributed by atoms with Gasteiger partial charge in [0.1, 0.15) is 5.52 Å². The SMILES string of the molecule is CCSc1nc2c(N)nc3ccccc3c2n1Cc1ccc(CN2CCCC2)cc1. The normalized spacial score (nSPS) is 14.8. The third-order valence-corrected chi connectivity index (χ3v) is 6.68. The lowest BCUT2D eigenvalue weighted by Crippen LogP contribution is -2.18. The van der Waals surface area contributed by atoms with Gasteiger partial charge in [-0.3, -0.25) is 4.90 Å². The summed E-state index contributed by atoms with van der Waals surface area (Å²) >= 11 is 1.75. The van der Waals surface area contributed by atoms with E-state index in [1.165, 1.54) is 37.1 Å². The Morgan fingerprint density at radius 2 is 1.63 bits per heavy atom. The average Bonchev–Trinajstić information content (AvgIpc) is 3.39. The summed E-state index contributed by atoms with van der Waals surface area (Å²) in [7, 11) is 0. The zero-order chi connectivity index (χ0) is 20.5. The minimum Gasteiger partial charge on any atom is -0.382 e. The first-order valence-corrected chi connectivity index (χ1v) is 11.7. The maximum atomic E-state index is 6.29. The van der Waals surface area contributed by atoms with Crippen molar-refractivity contribution in [1.29, 1.82) is 0 Å². The zero-order valence-corrected chi connectivity index (χ0v) is 18.2. The molecule has 3 heterocycles. The van der Waals surface area contributed by atoms with Gasteiger partial charge in [0, 0.05) is 11.9 Å². The second-order valence-electron chi connectivity index (χ2n) is 7.92. The van der Waals surface area contributed by atoms with Crippen LogP contribution >= 0.6 is 11.8 Å². The molecule has 1 fully saturated rings. The van der Waals surface area contributed by atoms with Crippen LogP contribution in [0.5, 0.6) is 0 Å². The number of nitrogens with zero attached hydrogens (tertiary/aromatic N) is 4. The van der Waals surface area contributed by atoms with Crippen LogP contribution in [0.1, 0.15) is 30.9 Å². The highest BCUT2D eigenvalue weighted by molar-refractivity contribution is 7.99. The van der Waals surface area contributed by atoms with Crippen LogP contribution in [-0.2, 0) is 13.1 Å². The van der Waals surface area contributed by atoms with Crippen LogP contribution in [0.2, 0.25) is 0 Å². The van der Waals surface area contributed by atoms with Gasteiger partial charge in [0.15, 0.2) is 11.0 Å². The van der Waals surface area contributed by atoms with Crippen LogP contribution < -0.4 is 5.73 Å². The maximum Gasteiger partial charge on any atom is 0.169 e. The molecule has 2 N–H and O–H groups in total. The Morgan fingerprint density at radius 1 is 0.933 bits per heavy atom. The number of para-hydroxylation sites is 1. The summed E-state index contributed by atoms with van der Waals surface area (Å²) < 4.78 is 2.30. The molecule has 5 rings (SSSR count). The van der Waals surface area contributed by atoms with Gasteiger partial charge in [-0.2, -0.15) is 0 Å². The molecule has 0 radical (unpaired) electrons. The summed E-state index contributed by atoms with van der Waals surface area (Å²) in [4.78, 5) is 12.0. The molecule has 5 nitrogen and oxygen atoms in total. The molecule has 0 spiro atoms. The molecular formula is C24H27N5S. The van der Waals surface area contributed by atoms with E-state index >= 15 is 0 Å². The van der Waals surface area contributed by atoms with E-state index in [9.17, 15) is 0 Å². The predicted octanol–water partition coefficient (Wildman–Crippen LogP) is 4.92. The van der Waals surface area contributed by atoms with Gasteiger partial charge in [0.25, 0.3) is 0 Å². The Morgan fingerprint density at radius 3 is 2.37 bits per heavy atom. The Hall–Kier alpha value is -2.57. The number of likely N-dealkylation sites (tertiary alicyclic amines) is 1. The van der Waals surface area contributed by atoms with E-state index in [-0.39, 0.29) is 0 Å². The van der Waals surface area contributed by atoms with Crippen molar-refractivity contribution in [2.75, 3.05) is 24.6 Å². The second kappa shape index (κ2) is 8.28. The molecule has 0 saturated carbocycles. The minimum absolute atomic E-state index is 0.501. The third-order valence-electron chi connectivity index (χ3n) is 5.82. The zero-order valence-electron chi connectivity index (χ0n) is 17.3. The molecule has 30 heavy (non-hydrogen) atoms. The summed E-state index contributed by atoms with van der Waals surface area (Å²) in [5.74, 6) is 1.46. The van der Waals surface area contributed by atoms with E-state index < -0.39 is 0 Å². The van der Waals surface area contributed by atoms with Crippen LogP contribution in [0.3, 0.4) is 0 Å². The number of nitrogen functional groups attached to an aromatic ring is 1. The Balaban J connectivity index is 1.53. The quantitative estimate of drug-likeness (QED) is 0.451. The largest absolute Gasteiger partial charge is 0.382 e. The van der Waals surface area contributed by atoms with Gasteiger partial charge in [0.05, 0.1) is 17.6 Å². The molecule has 6 heteroatoms. The highest BCUT2D eigenvalue weighted by Crippen LogP contribution is 2.32. The van der Waals surface area contributed by atoms with Crippen LogP contribution in [0.15, 0.2) is 53.7 Å². The second-order valence-corrected chi connectivity index (χ2v) is 9.16. The van der Waals surface area contributed by atoms with E-state index in [0.717, 1.165) is 45.9 Å². The van der Waals surface area contributed by atoms with E-state index in [4.69, 9.17) is 10.7 Å². The molecule has 0 amide bonds. The molecule has 1 saturated heterocycles. The molecule has 1 aliphatic rings. The summed E-state index contributed by atoms with van der Waals surface area (Å²) in [5.41, 5.74) is 11.7. The lowest BCUT2D eigenvalue weighted by atomic mass is 10.1. The predicted molar refractivity (Wildman–Crippen MR) is 126 cm³/mol. The number of pyridine rings is 1. The standard InChI is InChI=1S/C24H27N5S/c1-2-30-24-27-21-22(19-7-3-4-8-20(19)26-23(21)25)29(24)16-18-11-9-17(10-12-18)15-28-13-5-6-14-28/h3-4,7-12H,2,5-6,13-16H2,1H3,(H2,25,26). The van der Waals surface area contributed by atoms with Gasteiger partial charge in [-0.1, -0.05) is 61.2 Å². The van der Waals surface area contributed by atoms with E-state index in [1.807, 2.05) is 12.1 Å². The first-order valence-electron chi connectivity index (χ1n) is 10.7. The Labute approximate surface area is 181 Å². The van der Waals surface area contributed by atoms with Crippen LogP contribution in [0, 0.1) is 0 Å². The van der Waals surface area contributed by atoms with Crippen LogP contribution in [0.4, 0.5) is 5.82 Å². The molecule has 0 atom stereocenters. The topological polar surface area (TPSA) is 60.0 Å². The van der Waals surface area contributed by atoms with Crippen molar-refractivity contribution in [3.8, 4) is 0 Å². The van der Waals surface area contributed by atoms with Crippen molar-refractivity contribution in [3.63, 3.8) is 0 Å². The third kappa shape index (κ3) is 3.66. The van der Waals surface area contributed by atoms with Crippen LogP contribution in [0.25, 0.3) is 21.9 Å². The number of aromatic nitrogens is 3. The fourth-order valence-corrected chi connectivity index (χ4v) is 5.08. The lowest BCUT2D eigenvalue weighted by molar-refractivity contribution is 0.331. The van der Waals surface area contributed by atoms with E-state index in [0.29, 0.717) is 5.82 Å². The smallest absolute Gasteiger partial charge is 0.169 e. The molecule has 2 aromatic carbocycles. The maximum absolute atomic E-state index is 6.29. The highest BCUT2D eigenvalue weighted by atomic mass is 32.2. The number of rotatable bonds is 6. The monoisotopic (exact) mass is 417 g/mol. The summed E-state index contributed by atoms with van der Waals surface area (Å²) in [6.07, 6.45) is 2.66. The molecule has 154 valence electrons. The number of imidazole rings is 1. The lowest BCUT2D eigenvalue weighted by Gasteiger charge is -2.15. The molecule has 0 unspecified atom stereocenters. The van der Waals surface area contributed by atoms with E-state index in [1.54, 1.807) is 11.8 Å². The van der Waals surface area contributed by atoms with E-state index in [2.05, 4.69) is 57.8 Å². The van der Waals surface area contributed by atoms with Gasteiger partial charge in [0.2, 0.25) is 0 Å². The molecule has 1 aliphatic heterocycles. The van der Waals surface area contributed by atoms with Gasteiger partial charge in [-0.15, -0.1) is 0 Å². The van der Waals surface area contributed by atoms with Crippen LogP contribution in [-0.4, -0.2) is 38.3 Å². The molecule has 2 aromatic heterocycles. The number of thioether (sulfide) groups is 1. The minimum atomic E-state index is 0.501. The summed E-state index contributed by atoms with van der Waals surface area (Å²) in [6, 6.07) is 17.2. The summed E-state index contributed by atoms with van der Waals surface area (Å²) in [5, 5.41) is 2.10.